The number of hydrogen-bond acceptors (Lipinski definition) is 2. The van der Waals surface area contributed by atoms with Gasteiger partial charge in [-0.2, -0.15) is 0 Å². The first-order valence-corrected chi connectivity index (χ1v) is 7.44. The molecule has 0 radical (unpaired) electrons. The van der Waals surface area contributed by atoms with Gasteiger partial charge in [-0.3, -0.25) is 0 Å². The highest BCUT2D eigenvalue weighted by Gasteiger charge is 2.11. The Bertz CT molecular complexity index is 746. The van der Waals surface area contributed by atoms with E-state index < -0.39 is 0 Å². The maximum atomic E-state index is 13.1. The van der Waals surface area contributed by atoms with Crippen molar-refractivity contribution in [2.75, 3.05) is 0 Å². The molecule has 0 N–H and O–H groups in total. The fourth-order valence-corrected chi connectivity index (χ4v) is 2.26. The molecule has 0 amide bonds. The predicted molar refractivity (Wildman–Crippen MR) is 86.9 cm³/mol. The third kappa shape index (κ3) is 3.42. The van der Waals surface area contributed by atoms with E-state index in [1.165, 1.54) is 24.3 Å². The molecule has 116 valence electrons. The van der Waals surface area contributed by atoms with Crippen molar-refractivity contribution < 1.29 is 8.78 Å². The molecule has 2 aromatic carbocycles. The predicted octanol–water partition coefficient (Wildman–Crippen LogP) is 5.21. The summed E-state index contributed by atoms with van der Waals surface area (Å²) in [6, 6.07) is 14.2. The topological polar surface area (TPSA) is 25.8 Å². The standard InChI is InChI=1S/C19H16F2N2/c1-12(2)19-22-17(13-3-7-15(20)8-4-13)11-18(23-19)14-5-9-16(21)10-6-14/h3-12H,1-2H3. The van der Waals surface area contributed by atoms with Crippen molar-refractivity contribution in [1.29, 1.82) is 0 Å². The van der Waals surface area contributed by atoms with Crippen LogP contribution in [-0.4, -0.2) is 9.97 Å². The molecule has 0 spiro atoms. The number of nitrogens with zero attached hydrogens (tertiary/aromatic N) is 2. The average molecular weight is 310 g/mol. The maximum Gasteiger partial charge on any atom is 0.132 e. The Labute approximate surface area is 133 Å². The molecule has 4 heteroatoms. The zero-order valence-electron chi connectivity index (χ0n) is 12.9. The molecule has 0 fully saturated rings. The summed E-state index contributed by atoms with van der Waals surface area (Å²) in [5, 5.41) is 0. The molecule has 1 aromatic heterocycles. The third-order valence-corrected chi connectivity index (χ3v) is 3.54. The Balaban J connectivity index is 2.13. The SMILES string of the molecule is CC(C)c1nc(-c2ccc(F)cc2)cc(-c2ccc(F)cc2)n1. The zero-order chi connectivity index (χ0) is 16.4. The van der Waals surface area contributed by atoms with Crippen LogP contribution in [0.1, 0.15) is 25.6 Å². The Hall–Kier alpha value is -2.62. The summed E-state index contributed by atoms with van der Waals surface area (Å²) >= 11 is 0. The fourth-order valence-electron chi connectivity index (χ4n) is 2.26. The lowest BCUT2D eigenvalue weighted by Gasteiger charge is -2.11. The lowest BCUT2D eigenvalue weighted by atomic mass is 10.1. The molecular weight excluding hydrogens is 294 g/mol. The minimum Gasteiger partial charge on any atom is -0.233 e. The third-order valence-electron chi connectivity index (χ3n) is 3.54. The highest BCUT2D eigenvalue weighted by atomic mass is 19.1. The number of benzene rings is 2. The van der Waals surface area contributed by atoms with Gasteiger partial charge in [0.15, 0.2) is 0 Å². The first-order chi connectivity index (χ1) is 11.0. The van der Waals surface area contributed by atoms with Crippen LogP contribution in [0.2, 0.25) is 0 Å². The van der Waals surface area contributed by atoms with Crippen LogP contribution in [0.5, 0.6) is 0 Å². The lowest BCUT2D eigenvalue weighted by Crippen LogP contribution is -2.01. The Morgan fingerprint density at radius 3 is 1.43 bits per heavy atom. The first kappa shape index (κ1) is 15.3. The second-order valence-electron chi connectivity index (χ2n) is 5.67. The van der Waals surface area contributed by atoms with Gasteiger partial charge in [-0.25, -0.2) is 18.7 Å². The number of halogens is 2. The van der Waals surface area contributed by atoms with Crippen LogP contribution in [0.4, 0.5) is 8.78 Å². The lowest BCUT2D eigenvalue weighted by molar-refractivity contribution is 0.627. The quantitative estimate of drug-likeness (QED) is 0.663. The Morgan fingerprint density at radius 2 is 1.09 bits per heavy atom. The van der Waals surface area contributed by atoms with Crippen molar-refractivity contribution in [2.45, 2.75) is 19.8 Å². The number of rotatable bonds is 3. The van der Waals surface area contributed by atoms with E-state index in [1.807, 2.05) is 19.9 Å². The molecule has 2 nitrogen and oxygen atoms in total. The van der Waals surface area contributed by atoms with Crippen LogP contribution in [-0.2, 0) is 0 Å². The normalized spacial score (nSPS) is 11.0. The molecular formula is C19H16F2N2. The van der Waals surface area contributed by atoms with Gasteiger partial charge < -0.3 is 0 Å². The van der Waals surface area contributed by atoms with E-state index >= 15 is 0 Å². The second kappa shape index (κ2) is 6.24. The second-order valence-corrected chi connectivity index (χ2v) is 5.67. The molecule has 3 aromatic rings. The first-order valence-electron chi connectivity index (χ1n) is 7.44. The van der Waals surface area contributed by atoms with Crippen molar-refractivity contribution in [2.24, 2.45) is 0 Å². The van der Waals surface area contributed by atoms with Gasteiger partial charge in [0.1, 0.15) is 17.5 Å². The monoisotopic (exact) mass is 310 g/mol. The number of aromatic nitrogens is 2. The summed E-state index contributed by atoms with van der Waals surface area (Å²) in [5.74, 6) is 0.275. The van der Waals surface area contributed by atoms with Gasteiger partial charge in [0.25, 0.3) is 0 Å². The van der Waals surface area contributed by atoms with Gasteiger partial charge in [-0.05, 0) is 54.6 Å². The molecule has 0 aliphatic carbocycles. The smallest absolute Gasteiger partial charge is 0.132 e. The summed E-state index contributed by atoms with van der Waals surface area (Å²) < 4.78 is 26.2. The fraction of sp³-hybridized carbons (Fsp3) is 0.158. The summed E-state index contributed by atoms with van der Waals surface area (Å²) in [7, 11) is 0. The van der Waals surface area contributed by atoms with E-state index in [0.717, 1.165) is 22.5 Å². The minimum absolute atomic E-state index is 0.148. The van der Waals surface area contributed by atoms with Crippen molar-refractivity contribution in [3.8, 4) is 22.5 Å². The van der Waals surface area contributed by atoms with Crippen molar-refractivity contribution >= 4 is 0 Å². The highest BCUT2D eigenvalue weighted by molar-refractivity contribution is 5.67. The molecule has 23 heavy (non-hydrogen) atoms. The largest absolute Gasteiger partial charge is 0.233 e. The molecule has 0 unspecified atom stereocenters. The van der Waals surface area contributed by atoms with Gasteiger partial charge in [-0.1, -0.05) is 13.8 Å². The summed E-state index contributed by atoms with van der Waals surface area (Å²) in [6.07, 6.45) is 0. The summed E-state index contributed by atoms with van der Waals surface area (Å²) in [5.41, 5.74) is 3.09. The van der Waals surface area contributed by atoms with Crippen LogP contribution in [0.25, 0.3) is 22.5 Å². The van der Waals surface area contributed by atoms with E-state index in [9.17, 15) is 8.78 Å². The molecule has 0 saturated heterocycles. The van der Waals surface area contributed by atoms with Crippen molar-refractivity contribution in [1.82, 2.24) is 9.97 Å². The zero-order valence-corrected chi connectivity index (χ0v) is 12.9. The van der Waals surface area contributed by atoms with Gasteiger partial charge in [0.2, 0.25) is 0 Å². The van der Waals surface area contributed by atoms with E-state index in [4.69, 9.17) is 0 Å². The van der Waals surface area contributed by atoms with Crippen LogP contribution >= 0.6 is 0 Å². The number of hydrogen-bond donors (Lipinski definition) is 0. The molecule has 0 aliphatic rings. The molecule has 0 aliphatic heterocycles. The minimum atomic E-state index is -0.286. The summed E-state index contributed by atoms with van der Waals surface area (Å²) in [6.45, 7) is 4.02. The van der Waals surface area contributed by atoms with Crippen LogP contribution in [0.3, 0.4) is 0 Å². The van der Waals surface area contributed by atoms with Crippen molar-refractivity contribution in [3.05, 3.63) is 72.1 Å². The van der Waals surface area contributed by atoms with Crippen LogP contribution < -0.4 is 0 Å². The van der Waals surface area contributed by atoms with Crippen LogP contribution in [0, 0.1) is 11.6 Å². The van der Waals surface area contributed by atoms with E-state index in [2.05, 4.69) is 9.97 Å². The average Bonchev–Trinajstić information content (AvgIpc) is 2.55. The van der Waals surface area contributed by atoms with Crippen LogP contribution in [0.15, 0.2) is 54.6 Å². The van der Waals surface area contributed by atoms with Gasteiger partial charge in [0, 0.05) is 17.0 Å². The van der Waals surface area contributed by atoms with E-state index in [-0.39, 0.29) is 17.6 Å². The van der Waals surface area contributed by atoms with E-state index in [0.29, 0.717) is 5.82 Å². The van der Waals surface area contributed by atoms with Gasteiger partial charge in [-0.15, -0.1) is 0 Å². The molecule has 1 heterocycles. The molecule has 0 saturated carbocycles. The van der Waals surface area contributed by atoms with Gasteiger partial charge >= 0.3 is 0 Å². The molecule has 0 bridgehead atoms. The van der Waals surface area contributed by atoms with Crippen molar-refractivity contribution in [3.63, 3.8) is 0 Å². The summed E-state index contributed by atoms with van der Waals surface area (Å²) in [4.78, 5) is 9.14. The highest BCUT2D eigenvalue weighted by Crippen LogP contribution is 2.26. The van der Waals surface area contributed by atoms with E-state index in [1.54, 1.807) is 24.3 Å². The Kier molecular flexibility index (Phi) is 4.15. The maximum absolute atomic E-state index is 13.1. The Morgan fingerprint density at radius 1 is 0.696 bits per heavy atom. The van der Waals surface area contributed by atoms with Gasteiger partial charge in [0.05, 0.1) is 11.4 Å². The molecule has 3 rings (SSSR count). The molecule has 0 atom stereocenters.